The van der Waals surface area contributed by atoms with Crippen molar-refractivity contribution in [3.05, 3.63) is 82.5 Å². The van der Waals surface area contributed by atoms with Gasteiger partial charge in [-0.05, 0) is 35.9 Å². The monoisotopic (exact) mass is 437 g/mol. The molecule has 0 aliphatic carbocycles. The Kier molecular flexibility index (Phi) is 5.50. The molecule has 2 aromatic carbocycles. The molecule has 8 nitrogen and oxygen atoms in total. The lowest BCUT2D eigenvalue weighted by molar-refractivity contribution is 0.101. The average Bonchev–Trinajstić information content (AvgIpc) is 3.12. The van der Waals surface area contributed by atoms with Gasteiger partial charge in [0.2, 0.25) is 0 Å². The zero-order chi connectivity index (χ0) is 22.8. The summed E-state index contributed by atoms with van der Waals surface area (Å²) in [6, 6.07) is 11.6. The third kappa shape index (κ3) is 3.97. The highest BCUT2D eigenvalue weighted by atomic mass is 19.1. The number of nitrogens with zero attached hydrogens (tertiary/aromatic N) is 3. The molecule has 0 saturated carbocycles. The van der Waals surface area contributed by atoms with Gasteiger partial charge in [0, 0.05) is 31.5 Å². The van der Waals surface area contributed by atoms with Gasteiger partial charge in [-0.15, -0.1) is 5.10 Å². The van der Waals surface area contributed by atoms with E-state index in [2.05, 4.69) is 20.7 Å². The van der Waals surface area contributed by atoms with E-state index in [-0.39, 0.29) is 5.89 Å². The largest absolute Gasteiger partial charge is 0.437 e. The van der Waals surface area contributed by atoms with Crippen LogP contribution in [0.25, 0.3) is 22.6 Å². The molecule has 0 unspecified atom stereocenters. The maximum absolute atomic E-state index is 13.8. The van der Waals surface area contributed by atoms with Crippen LogP contribution in [0.5, 0.6) is 0 Å². The molecular weight excluding hydrogens is 420 g/mol. The van der Waals surface area contributed by atoms with Gasteiger partial charge in [0.05, 0.1) is 5.56 Å². The summed E-state index contributed by atoms with van der Waals surface area (Å²) in [7, 11) is 3.19. The number of rotatable bonds is 5. The first-order valence-corrected chi connectivity index (χ1v) is 9.45. The van der Waals surface area contributed by atoms with Crippen LogP contribution in [0.2, 0.25) is 0 Å². The first-order chi connectivity index (χ1) is 15.4. The molecule has 32 heavy (non-hydrogen) atoms. The van der Waals surface area contributed by atoms with Crippen molar-refractivity contribution in [2.24, 2.45) is 7.05 Å². The summed E-state index contributed by atoms with van der Waals surface area (Å²) in [5.41, 5.74) is 1.63. The number of benzene rings is 2. The fraction of sp³-hybridized carbons (Fsp3) is 0.0909. The predicted octanol–water partition coefficient (Wildman–Crippen LogP) is 3.67. The first-order valence-electron chi connectivity index (χ1n) is 9.45. The molecule has 0 atom stereocenters. The van der Waals surface area contributed by atoms with Crippen LogP contribution in [-0.2, 0) is 7.05 Å². The van der Waals surface area contributed by atoms with E-state index in [1.54, 1.807) is 37.4 Å². The number of carbonyl (C=O) groups excluding carboxylic acids is 1. The number of nitrogens with one attached hydrogen (secondary N) is 2. The Morgan fingerprint density at radius 2 is 1.75 bits per heavy atom. The molecule has 2 aromatic heterocycles. The predicted molar refractivity (Wildman–Crippen MR) is 114 cm³/mol. The van der Waals surface area contributed by atoms with E-state index < -0.39 is 28.9 Å². The third-order valence-corrected chi connectivity index (χ3v) is 4.70. The molecule has 0 bridgehead atoms. The highest BCUT2D eigenvalue weighted by molar-refractivity contribution is 6.04. The minimum absolute atomic E-state index is 0.129. The van der Waals surface area contributed by atoms with E-state index >= 15 is 0 Å². The molecule has 0 fully saturated rings. The molecular formula is C22H17F2N5O3. The van der Waals surface area contributed by atoms with Crippen LogP contribution >= 0.6 is 0 Å². The average molecular weight is 437 g/mol. The molecule has 0 spiro atoms. The molecule has 0 saturated heterocycles. The van der Waals surface area contributed by atoms with Crippen LogP contribution in [0.1, 0.15) is 10.4 Å². The van der Waals surface area contributed by atoms with Gasteiger partial charge in [0.25, 0.3) is 11.8 Å². The summed E-state index contributed by atoms with van der Waals surface area (Å²) in [5.74, 6) is -2.67. The minimum atomic E-state index is -0.943. The molecule has 2 N–H and O–H groups in total. The SMILES string of the molecule is CNc1ncc(-c2nn(C)c(=O)o2)cc1-c1ccc(NC(=O)c2c(F)cccc2F)cc1. The minimum Gasteiger partial charge on any atom is -0.388 e. The maximum Gasteiger partial charge on any atom is 0.437 e. The van der Waals surface area contributed by atoms with Crippen molar-refractivity contribution < 1.29 is 18.0 Å². The molecule has 4 rings (SSSR count). The van der Waals surface area contributed by atoms with E-state index in [9.17, 15) is 18.4 Å². The Morgan fingerprint density at radius 1 is 1.06 bits per heavy atom. The highest BCUT2D eigenvalue weighted by Gasteiger charge is 2.17. The summed E-state index contributed by atoms with van der Waals surface area (Å²) >= 11 is 0. The van der Waals surface area contributed by atoms with Crippen LogP contribution in [0.15, 0.2) is 63.9 Å². The van der Waals surface area contributed by atoms with E-state index in [4.69, 9.17) is 4.42 Å². The Labute approximate surface area is 180 Å². The standard InChI is InChI=1S/C22H17F2N5O3/c1-25-19-15(10-13(11-26-19)21-28-29(2)22(31)32-21)12-6-8-14(9-7-12)27-20(30)18-16(23)4-3-5-17(18)24/h3-11H,1-2H3,(H,25,26)(H,27,30). The maximum atomic E-state index is 13.8. The summed E-state index contributed by atoms with van der Waals surface area (Å²) in [4.78, 5) is 28.2. The van der Waals surface area contributed by atoms with Crippen molar-refractivity contribution in [3.63, 3.8) is 0 Å². The van der Waals surface area contributed by atoms with Crippen LogP contribution in [0.4, 0.5) is 20.3 Å². The number of hydrogen-bond acceptors (Lipinski definition) is 6. The Morgan fingerprint density at radius 3 is 2.34 bits per heavy atom. The number of hydrogen-bond donors (Lipinski definition) is 2. The van der Waals surface area contributed by atoms with Gasteiger partial charge in [0.1, 0.15) is 23.0 Å². The molecule has 1 amide bonds. The zero-order valence-corrected chi connectivity index (χ0v) is 17.0. The van der Waals surface area contributed by atoms with E-state index in [1.165, 1.54) is 19.3 Å². The molecule has 10 heteroatoms. The van der Waals surface area contributed by atoms with Crippen molar-refractivity contribution in [1.82, 2.24) is 14.8 Å². The van der Waals surface area contributed by atoms with Crippen LogP contribution in [-0.4, -0.2) is 27.7 Å². The normalized spacial score (nSPS) is 10.8. The lowest BCUT2D eigenvalue weighted by Gasteiger charge is -2.11. The van der Waals surface area contributed by atoms with Gasteiger partial charge in [-0.25, -0.2) is 18.6 Å². The number of pyridine rings is 1. The summed E-state index contributed by atoms with van der Waals surface area (Å²) < 4.78 is 33.9. The lowest BCUT2D eigenvalue weighted by atomic mass is 10.0. The van der Waals surface area contributed by atoms with Gasteiger partial charge in [0.15, 0.2) is 0 Å². The van der Waals surface area contributed by atoms with Gasteiger partial charge >= 0.3 is 5.76 Å². The highest BCUT2D eigenvalue weighted by Crippen LogP contribution is 2.31. The van der Waals surface area contributed by atoms with Crippen molar-refractivity contribution >= 4 is 17.4 Å². The van der Waals surface area contributed by atoms with Gasteiger partial charge in [-0.2, -0.15) is 4.68 Å². The molecule has 4 aromatic rings. The number of halogens is 2. The second-order valence-corrected chi connectivity index (χ2v) is 6.80. The quantitative estimate of drug-likeness (QED) is 0.494. The molecule has 2 heterocycles. The zero-order valence-electron chi connectivity index (χ0n) is 17.0. The van der Waals surface area contributed by atoms with E-state index in [0.717, 1.165) is 22.4 Å². The van der Waals surface area contributed by atoms with Crippen molar-refractivity contribution in [2.75, 3.05) is 17.7 Å². The topological polar surface area (TPSA) is 102 Å². The molecule has 0 radical (unpaired) electrons. The fourth-order valence-electron chi connectivity index (χ4n) is 3.11. The van der Waals surface area contributed by atoms with Gasteiger partial charge < -0.3 is 15.1 Å². The van der Waals surface area contributed by atoms with Crippen LogP contribution < -0.4 is 16.4 Å². The van der Waals surface area contributed by atoms with Crippen molar-refractivity contribution in [3.8, 4) is 22.6 Å². The number of aryl methyl sites for hydroxylation is 1. The number of carbonyl (C=O) groups is 1. The Bertz CT molecular complexity index is 1340. The summed E-state index contributed by atoms with van der Waals surface area (Å²) in [6.45, 7) is 0. The number of anilines is 2. The van der Waals surface area contributed by atoms with Crippen LogP contribution in [0, 0.1) is 11.6 Å². The summed E-state index contributed by atoms with van der Waals surface area (Å²) in [5, 5.41) is 9.50. The fourth-order valence-corrected chi connectivity index (χ4v) is 3.11. The van der Waals surface area contributed by atoms with Crippen molar-refractivity contribution in [2.45, 2.75) is 0 Å². The Hall–Kier alpha value is -4.34. The van der Waals surface area contributed by atoms with Gasteiger partial charge in [-0.1, -0.05) is 18.2 Å². The molecule has 0 aliphatic heterocycles. The Balaban J connectivity index is 1.63. The number of amides is 1. The third-order valence-electron chi connectivity index (χ3n) is 4.70. The molecule has 0 aliphatic rings. The first kappa shape index (κ1) is 20.9. The summed E-state index contributed by atoms with van der Waals surface area (Å²) in [6.07, 6.45) is 1.53. The van der Waals surface area contributed by atoms with E-state index in [0.29, 0.717) is 22.6 Å². The van der Waals surface area contributed by atoms with E-state index in [1.807, 2.05) is 0 Å². The second kappa shape index (κ2) is 8.42. The smallest absolute Gasteiger partial charge is 0.388 e. The lowest BCUT2D eigenvalue weighted by Crippen LogP contribution is -2.15. The van der Waals surface area contributed by atoms with Crippen LogP contribution in [0.3, 0.4) is 0 Å². The number of aromatic nitrogens is 3. The molecule has 162 valence electrons. The second-order valence-electron chi connectivity index (χ2n) is 6.80. The van der Waals surface area contributed by atoms with Crippen molar-refractivity contribution in [1.29, 1.82) is 0 Å². The van der Waals surface area contributed by atoms with Gasteiger partial charge in [-0.3, -0.25) is 4.79 Å².